The second kappa shape index (κ2) is 6.09. The van der Waals surface area contributed by atoms with Gasteiger partial charge in [0.15, 0.2) is 0 Å². The van der Waals surface area contributed by atoms with Gasteiger partial charge in [0.2, 0.25) is 10.0 Å². The van der Waals surface area contributed by atoms with Crippen LogP contribution in [-0.4, -0.2) is 14.2 Å². The minimum absolute atomic E-state index is 0.0316. The summed E-state index contributed by atoms with van der Waals surface area (Å²) in [5.74, 6) is 1.22. The van der Waals surface area contributed by atoms with E-state index >= 15 is 0 Å². The molecule has 3 nitrogen and oxygen atoms in total. The van der Waals surface area contributed by atoms with Crippen molar-refractivity contribution >= 4 is 10.0 Å². The molecular formula is C17H27NO2S. The molecule has 0 amide bonds. The van der Waals surface area contributed by atoms with Crippen molar-refractivity contribution in [2.45, 2.75) is 46.6 Å². The van der Waals surface area contributed by atoms with E-state index in [2.05, 4.69) is 32.4 Å². The molecule has 0 heterocycles. The fourth-order valence-electron chi connectivity index (χ4n) is 2.57. The third-order valence-electron chi connectivity index (χ3n) is 4.19. The average molecular weight is 309 g/mol. The minimum atomic E-state index is -3.24. The first-order valence-corrected chi connectivity index (χ1v) is 9.38. The summed E-state index contributed by atoms with van der Waals surface area (Å²) in [5, 5.41) is 0. The number of hydrogen-bond donors (Lipinski definition) is 1. The Bertz CT molecular complexity index is 560. The summed E-state index contributed by atoms with van der Waals surface area (Å²) < 4.78 is 27.7. The van der Waals surface area contributed by atoms with E-state index in [1.807, 2.05) is 30.3 Å². The second-order valence-corrected chi connectivity index (χ2v) is 9.39. The minimum Gasteiger partial charge on any atom is -0.212 e. The van der Waals surface area contributed by atoms with Crippen LogP contribution >= 0.6 is 0 Å². The Morgan fingerprint density at radius 1 is 1.24 bits per heavy atom. The third kappa shape index (κ3) is 5.11. The van der Waals surface area contributed by atoms with Gasteiger partial charge in [-0.1, -0.05) is 58.0 Å². The van der Waals surface area contributed by atoms with Crippen LogP contribution in [0.5, 0.6) is 0 Å². The van der Waals surface area contributed by atoms with Crippen LogP contribution in [0.1, 0.15) is 52.1 Å². The van der Waals surface area contributed by atoms with Crippen molar-refractivity contribution in [2.75, 3.05) is 5.75 Å². The van der Waals surface area contributed by atoms with Gasteiger partial charge in [-0.2, -0.15) is 0 Å². The highest BCUT2D eigenvalue weighted by molar-refractivity contribution is 7.89. The Balaban J connectivity index is 2.09. The summed E-state index contributed by atoms with van der Waals surface area (Å²) in [6.07, 6.45) is 1.77. The van der Waals surface area contributed by atoms with Crippen LogP contribution in [0.3, 0.4) is 0 Å². The molecule has 4 heteroatoms. The van der Waals surface area contributed by atoms with E-state index in [0.717, 1.165) is 12.0 Å². The molecule has 0 bridgehead atoms. The molecule has 0 aromatic heterocycles. The Morgan fingerprint density at radius 2 is 1.81 bits per heavy atom. The molecule has 0 aliphatic heterocycles. The first-order valence-electron chi connectivity index (χ1n) is 7.73. The van der Waals surface area contributed by atoms with Gasteiger partial charge in [-0.3, -0.25) is 0 Å². The van der Waals surface area contributed by atoms with E-state index < -0.39 is 10.0 Å². The summed E-state index contributed by atoms with van der Waals surface area (Å²) in [7, 11) is -3.24. The third-order valence-corrected chi connectivity index (χ3v) is 5.54. The van der Waals surface area contributed by atoms with Gasteiger partial charge in [-0.15, -0.1) is 0 Å². The molecule has 1 aromatic rings. The van der Waals surface area contributed by atoms with Gasteiger partial charge < -0.3 is 0 Å². The number of nitrogens with one attached hydrogen (secondary N) is 1. The molecule has 0 spiro atoms. The molecular weight excluding hydrogens is 282 g/mol. The lowest BCUT2D eigenvalue weighted by atomic mass is 9.94. The van der Waals surface area contributed by atoms with Gasteiger partial charge >= 0.3 is 0 Å². The lowest BCUT2D eigenvalue weighted by Gasteiger charge is -2.22. The topological polar surface area (TPSA) is 46.2 Å². The molecule has 1 N–H and O–H groups in total. The van der Waals surface area contributed by atoms with Gasteiger partial charge in [0.05, 0.1) is 5.75 Å². The summed E-state index contributed by atoms with van der Waals surface area (Å²) in [5.41, 5.74) is 1.11. The predicted octanol–water partition coefficient (Wildman–Crippen LogP) is 3.74. The summed E-state index contributed by atoms with van der Waals surface area (Å²) in [6.45, 7) is 8.39. The molecule has 21 heavy (non-hydrogen) atoms. The van der Waals surface area contributed by atoms with E-state index in [9.17, 15) is 8.42 Å². The Kier molecular flexibility index (Phi) is 4.79. The molecule has 1 aliphatic carbocycles. The van der Waals surface area contributed by atoms with E-state index in [4.69, 9.17) is 0 Å². The largest absolute Gasteiger partial charge is 0.212 e. The van der Waals surface area contributed by atoms with E-state index in [0.29, 0.717) is 18.3 Å². The van der Waals surface area contributed by atoms with Crippen molar-refractivity contribution in [1.82, 2.24) is 4.72 Å². The van der Waals surface area contributed by atoms with Crippen molar-refractivity contribution in [3.63, 3.8) is 0 Å². The van der Waals surface area contributed by atoms with Crippen molar-refractivity contribution < 1.29 is 8.42 Å². The zero-order valence-electron chi connectivity index (χ0n) is 13.5. The van der Waals surface area contributed by atoms with Crippen molar-refractivity contribution in [3.8, 4) is 0 Å². The summed E-state index contributed by atoms with van der Waals surface area (Å²) >= 11 is 0. The maximum absolute atomic E-state index is 12.4. The molecule has 1 aliphatic rings. The SMILES string of the molecule is CC1CC1C(NS(=O)(=O)CCC(C)(C)C)c1ccccc1. The number of hydrogen-bond acceptors (Lipinski definition) is 2. The normalized spacial score (nSPS) is 23.8. The Morgan fingerprint density at radius 3 is 2.29 bits per heavy atom. The van der Waals surface area contributed by atoms with Crippen LogP contribution in [-0.2, 0) is 10.0 Å². The number of sulfonamides is 1. The second-order valence-electron chi connectivity index (χ2n) is 7.51. The fourth-order valence-corrected chi connectivity index (χ4v) is 4.27. The highest BCUT2D eigenvalue weighted by Gasteiger charge is 2.41. The molecule has 0 saturated heterocycles. The van der Waals surface area contributed by atoms with Crippen molar-refractivity contribution in [3.05, 3.63) is 35.9 Å². The smallest absolute Gasteiger partial charge is 0.212 e. The Hall–Kier alpha value is -0.870. The monoisotopic (exact) mass is 309 g/mol. The quantitative estimate of drug-likeness (QED) is 0.870. The molecule has 0 radical (unpaired) electrons. The molecule has 1 saturated carbocycles. The van der Waals surface area contributed by atoms with Crippen LogP contribution in [0.25, 0.3) is 0 Å². The summed E-state index contributed by atoms with van der Waals surface area (Å²) in [4.78, 5) is 0. The van der Waals surface area contributed by atoms with E-state index in [1.54, 1.807) is 0 Å². The van der Waals surface area contributed by atoms with Crippen LogP contribution in [0.15, 0.2) is 30.3 Å². The predicted molar refractivity (Wildman–Crippen MR) is 87.4 cm³/mol. The molecule has 3 atom stereocenters. The van der Waals surface area contributed by atoms with Crippen LogP contribution in [0.4, 0.5) is 0 Å². The van der Waals surface area contributed by atoms with Gasteiger partial charge in [0.1, 0.15) is 0 Å². The first kappa shape index (κ1) is 16.5. The zero-order chi connectivity index (χ0) is 15.7. The Labute approximate surface area is 129 Å². The standard InChI is InChI=1S/C17H27NO2S/c1-13-12-15(13)16(14-8-6-5-7-9-14)18-21(19,20)11-10-17(2,3)4/h5-9,13,15-16,18H,10-12H2,1-4H3. The lowest BCUT2D eigenvalue weighted by Crippen LogP contribution is -2.33. The summed E-state index contributed by atoms with van der Waals surface area (Å²) in [6, 6.07) is 9.86. The van der Waals surface area contributed by atoms with Crippen molar-refractivity contribution in [2.24, 2.45) is 17.3 Å². The molecule has 1 fully saturated rings. The molecule has 118 valence electrons. The number of rotatable bonds is 6. The molecule has 1 aromatic carbocycles. The van der Waals surface area contributed by atoms with E-state index in [-0.39, 0.29) is 17.2 Å². The highest BCUT2D eigenvalue weighted by atomic mass is 32.2. The zero-order valence-corrected chi connectivity index (χ0v) is 14.3. The van der Waals surface area contributed by atoms with Crippen molar-refractivity contribution in [1.29, 1.82) is 0 Å². The molecule has 3 unspecified atom stereocenters. The molecule has 2 rings (SSSR count). The van der Waals surface area contributed by atoms with Gasteiger partial charge in [-0.25, -0.2) is 13.1 Å². The highest BCUT2D eigenvalue weighted by Crippen LogP contribution is 2.47. The maximum Gasteiger partial charge on any atom is 0.212 e. The van der Waals surface area contributed by atoms with Gasteiger partial charge in [-0.05, 0) is 35.7 Å². The van der Waals surface area contributed by atoms with Crippen LogP contribution in [0, 0.1) is 17.3 Å². The van der Waals surface area contributed by atoms with Gasteiger partial charge in [0, 0.05) is 6.04 Å². The fraction of sp³-hybridized carbons (Fsp3) is 0.647. The van der Waals surface area contributed by atoms with Crippen LogP contribution < -0.4 is 4.72 Å². The van der Waals surface area contributed by atoms with Gasteiger partial charge in [0.25, 0.3) is 0 Å². The average Bonchev–Trinajstić information content (AvgIpc) is 3.11. The maximum atomic E-state index is 12.4. The van der Waals surface area contributed by atoms with Crippen LogP contribution in [0.2, 0.25) is 0 Å². The first-order chi connectivity index (χ1) is 9.68. The number of benzene rings is 1. The van der Waals surface area contributed by atoms with E-state index in [1.165, 1.54) is 0 Å². The lowest BCUT2D eigenvalue weighted by molar-refractivity contribution is 0.395.